The predicted molar refractivity (Wildman–Crippen MR) is 140 cm³/mol. The third kappa shape index (κ3) is 5.28. The number of alkyl halides is 6. The summed E-state index contributed by atoms with van der Waals surface area (Å²) in [6.45, 7) is -0.775. The highest BCUT2D eigenvalue weighted by atomic mass is 32.2. The third-order valence-corrected chi connectivity index (χ3v) is 10.9. The molecule has 2 aromatic rings. The van der Waals surface area contributed by atoms with Crippen molar-refractivity contribution < 1.29 is 43.9 Å². The summed E-state index contributed by atoms with van der Waals surface area (Å²) in [6, 6.07) is 7.67. The van der Waals surface area contributed by atoms with Gasteiger partial charge in [-0.3, -0.25) is 9.79 Å². The summed E-state index contributed by atoms with van der Waals surface area (Å²) in [5, 5.41) is 5.44. The molecule has 1 atom stereocenters. The van der Waals surface area contributed by atoms with Crippen molar-refractivity contribution in [1.29, 1.82) is 0 Å². The van der Waals surface area contributed by atoms with Gasteiger partial charge in [-0.1, -0.05) is 12.1 Å². The Labute approximate surface area is 242 Å². The van der Waals surface area contributed by atoms with Crippen LogP contribution in [-0.4, -0.2) is 54.3 Å². The minimum Gasteiger partial charge on any atom is -0.360 e. The molecule has 2 aromatic carbocycles. The standard InChI is InChI=1S/C28H27F7N4O3S/c29-19-5-7-20(8-6-19)43(41,42)39(13-17-1-3-18(4-2-17)28(33,34)35)25-14-24(15-25,16-25)23-37-21(26(38-23)9-10-26)22(40)36-12-11-27(30,31)32/h1-8,21H,9-16H2,(H,36,40)(H,37,38)/t21-,24?,25?/m0/s1. The lowest BCUT2D eigenvalue weighted by Crippen LogP contribution is -2.78. The number of hydrogen-bond acceptors (Lipinski definition) is 5. The van der Waals surface area contributed by atoms with E-state index >= 15 is 0 Å². The number of nitrogens with one attached hydrogen (secondary N) is 2. The van der Waals surface area contributed by atoms with Crippen molar-refractivity contribution in [2.75, 3.05) is 6.54 Å². The van der Waals surface area contributed by atoms with Crippen LogP contribution in [0.4, 0.5) is 30.7 Å². The van der Waals surface area contributed by atoms with Crippen molar-refractivity contribution in [3.8, 4) is 0 Å². The molecule has 4 saturated carbocycles. The largest absolute Gasteiger partial charge is 0.416 e. The lowest BCUT2D eigenvalue weighted by atomic mass is 9.38. The van der Waals surface area contributed by atoms with Crippen LogP contribution in [0.5, 0.6) is 0 Å². The van der Waals surface area contributed by atoms with E-state index in [0.29, 0.717) is 43.5 Å². The van der Waals surface area contributed by atoms with Gasteiger partial charge in [0.1, 0.15) is 17.7 Å². The number of amidine groups is 1. The van der Waals surface area contributed by atoms with E-state index in [0.717, 1.165) is 36.4 Å². The quantitative estimate of drug-likeness (QED) is 0.384. The van der Waals surface area contributed by atoms with Crippen LogP contribution >= 0.6 is 0 Å². The van der Waals surface area contributed by atoms with Crippen molar-refractivity contribution in [1.82, 2.24) is 14.9 Å². The molecule has 4 aliphatic carbocycles. The van der Waals surface area contributed by atoms with Gasteiger partial charge in [0.2, 0.25) is 15.9 Å². The Bertz CT molecular complexity index is 1550. The van der Waals surface area contributed by atoms with Gasteiger partial charge in [0.15, 0.2) is 0 Å². The van der Waals surface area contributed by atoms with Crippen LogP contribution in [-0.2, 0) is 27.5 Å². The van der Waals surface area contributed by atoms with Gasteiger partial charge in [-0.2, -0.15) is 30.6 Å². The molecule has 7 rings (SSSR count). The minimum atomic E-state index is -4.56. The Morgan fingerprint density at radius 3 is 2.12 bits per heavy atom. The molecule has 2 bridgehead atoms. The Morgan fingerprint density at radius 1 is 0.977 bits per heavy atom. The number of aliphatic imine (C=N–C) groups is 1. The predicted octanol–water partition coefficient (Wildman–Crippen LogP) is 4.93. The van der Waals surface area contributed by atoms with Gasteiger partial charge in [0.05, 0.1) is 22.4 Å². The number of amides is 1. The SMILES string of the molecule is O=C(NCCC(F)(F)F)[C@@H]1NC(C23CC(N(Cc4ccc(C(F)(F)F)cc4)S(=O)(=O)c4ccc(F)cc4)(C2)C3)=NC12CC2. The first-order valence-electron chi connectivity index (χ1n) is 13.6. The fourth-order valence-corrected chi connectivity index (χ4v) is 8.34. The number of carbonyl (C=O) groups excluding carboxylic acids is 1. The first-order valence-corrected chi connectivity index (χ1v) is 15.1. The molecule has 2 N–H and O–H groups in total. The van der Waals surface area contributed by atoms with Gasteiger partial charge in [-0.15, -0.1) is 0 Å². The van der Waals surface area contributed by atoms with E-state index in [1.54, 1.807) is 0 Å². The zero-order valence-corrected chi connectivity index (χ0v) is 23.3. The molecule has 5 aliphatic rings. The third-order valence-electron chi connectivity index (χ3n) is 8.93. The van der Waals surface area contributed by atoms with Gasteiger partial charge in [-0.25, -0.2) is 12.8 Å². The lowest BCUT2D eigenvalue weighted by Gasteiger charge is -2.72. The van der Waals surface area contributed by atoms with Crippen LogP contribution < -0.4 is 10.6 Å². The highest BCUT2D eigenvalue weighted by molar-refractivity contribution is 7.89. The second-order valence-corrected chi connectivity index (χ2v) is 13.9. The highest BCUT2D eigenvalue weighted by Crippen LogP contribution is 2.72. The van der Waals surface area contributed by atoms with E-state index in [-0.39, 0.29) is 11.4 Å². The number of benzene rings is 2. The van der Waals surface area contributed by atoms with E-state index in [9.17, 15) is 43.9 Å². The summed E-state index contributed by atoms with van der Waals surface area (Å²) >= 11 is 0. The molecule has 15 heteroatoms. The zero-order valence-electron chi connectivity index (χ0n) is 22.5. The van der Waals surface area contributed by atoms with Gasteiger partial charge < -0.3 is 10.6 Å². The molecule has 1 aliphatic heterocycles. The van der Waals surface area contributed by atoms with Crippen LogP contribution in [0.3, 0.4) is 0 Å². The van der Waals surface area contributed by atoms with E-state index in [4.69, 9.17) is 4.99 Å². The zero-order chi connectivity index (χ0) is 31.1. The first kappa shape index (κ1) is 29.9. The highest BCUT2D eigenvalue weighted by Gasteiger charge is 2.76. The average molecular weight is 633 g/mol. The molecule has 7 nitrogen and oxygen atoms in total. The molecule has 232 valence electrons. The fourth-order valence-electron chi connectivity index (χ4n) is 6.59. The Morgan fingerprint density at radius 2 is 1.58 bits per heavy atom. The van der Waals surface area contributed by atoms with Crippen LogP contribution in [0.2, 0.25) is 0 Å². The summed E-state index contributed by atoms with van der Waals surface area (Å²) in [5.41, 5.74) is -2.72. The Balaban J connectivity index is 1.21. The monoisotopic (exact) mass is 632 g/mol. The number of hydrogen-bond donors (Lipinski definition) is 2. The lowest BCUT2D eigenvalue weighted by molar-refractivity contribution is -0.151. The van der Waals surface area contributed by atoms with E-state index in [2.05, 4.69) is 10.6 Å². The van der Waals surface area contributed by atoms with E-state index < -0.39 is 75.2 Å². The molecule has 1 spiro atoms. The maximum Gasteiger partial charge on any atom is 0.416 e. The average Bonchev–Trinajstić information content (AvgIpc) is 3.53. The number of halogens is 7. The molecule has 43 heavy (non-hydrogen) atoms. The van der Waals surface area contributed by atoms with Crippen LogP contribution in [0.15, 0.2) is 58.4 Å². The van der Waals surface area contributed by atoms with E-state index in [1.807, 2.05) is 0 Å². The van der Waals surface area contributed by atoms with Gasteiger partial charge in [0.25, 0.3) is 0 Å². The summed E-state index contributed by atoms with van der Waals surface area (Å²) in [4.78, 5) is 17.4. The van der Waals surface area contributed by atoms with Crippen molar-refractivity contribution in [2.45, 2.75) is 79.4 Å². The molecule has 0 unspecified atom stereocenters. The number of carbonyl (C=O) groups is 1. The molecule has 1 heterocycles. The molecule has 0 aromatic heterocycles. The molecular formula is C28H27F7N4O3S. The summed E-state index contributed by atoms with van der Waals surface area (Å²) < 4.78 is 119. The van der Waals surface area contributed by atoms with Gasteiger partial charge in [-0.05, 0) is 74.1 Å². The molecule has 0 saturated heterocycles. The maximum atomic E-state index is 13.8. The Kier molecular flexibility index (Phi) is 6.70. The van der Waals surface area contributed by atoms with Gasteiger partial charge >= 0.3 is 12.4 Å². The Hall–Kier alpha value is -3.20. The number of nitrogens with zero attached hydrogens (tertiary/aromatic N) is 2. The van der Waals surface area contributed by atoms with Crippen molar-refractivity contribution in [3.63, 3.8) is 0 Å². The van der Waals surface area contributed by atoms with Crippen molar-refractivity contribution in [2.24, 2.45) is 10.4 Å². The number of rotatable bonds is 9. The van der Waals surface area contributed by atoms with E-state index in [1.165, 1.54) is 16.4 Å². The minimum absolute atomic E-state index is 0.163. The summed E-state index contributed by atoms with van der Waals surface area (Å²) in [7, 11) is -4.21. The van der Waals surface area contributed by atoms with Crippen molar-refractivity contribution in [3.05, 3.63) is 65.5 Å². The smallest absolute Gasteiger partial charge is 0.360 e. The summed E-state index contributed by atoms with van der Waals surface area (Å²) in [5.74, 6) is -0.685. The summed E-state index contributed by atoms with van der Waals surface area (Å²) in [6.07, 6.45) is -7.98. The van der Waals surface area contributed by atoms with Crippen molar-refractivity contribution >= 4 is 21.8 Å². The first-order chi connectivity index (χ1) is 20.0. The van der Waals surface area contributed by atoms with Gasteiger partial charge in [0, 0.05) is 24.0 Å². The van der Waals surface area contributed by atoms with Crippen LogP contribution in [0, 0.1) is 11.2 Å². The maximum absolute atomic E-state index is 13.8. The second-order valence-electron chi connectivity index (χ2n) is 12.0. The van der Waals surface area contributed by atoms with Crippen LogP contribution in [0.25, 0.3) is 0 Å². The normalized spacial score (nSPS) is 27.3. The molecule has 1 amide bonds. The molecule has 4 fully saturated rings. The molecule has 0 radical (unpaired) electrons. The number of sulfonamides is 1. The molecular weight excluding hydrogens is 605 g/mol. The second kappa shape index (κ2) is 9.65. The van der Waals surface area contributed by atoms with Crippen LogP contribution in [0.1, 0.15) is 49.7 Å². The fraction of sp³-hybridized carbons (Fsp3) is 0.500. The topological polar surface area (TPSA) is 90.9 Å².